The average Bonchev–Trinajstić information content (AvgIpc) is 0.689. The highest BCUT2D eigenvalue weighted by Gasteiger charge is 2.48. The van der Waals surface area contributed by atoms with Crippen molar-refractivity contribution in [2.24, 2.45) is 0 Å². The minimum atomic E-state index is -0.136. The van der Waals surface area contributed by atoms with E-state index < -0.39 is 0 Å². The van der Waals surface area contributed by atoms with Crippen molar-refractivity contribution in [1.29, 1.82) is 0 Å². The fourth-order valence-corrected chi connectivity index (χ4v) is 17.9. The molecule has 20 rings (SSSR count). The average molecular weight is 1290 g/mol. The van der Waals surface area contributed by atoms with E-state index in [1.54, 1.807) is 0 Å². The summed E-state index contributed by atoms with van der Waals surface area (Å²) < 4.78 is 0. The summed E-state index contributed by atoms with van der Waals surface area (Å²) in [4.78, 5) is 15.0. The van der Waals surface area contributed by atoms with Crippen LogP contribution in [0.25, 0.3) is 43.8 Å². The third kappa shape index (κ3) is 9.21. The maximum Gasteiger partial charge on any atom is 0.252 e. The summed E-state index contributed by atoms with van der Waals surface area (Å²) in [6.45, 7) is -0.266. The molecule has 4 aliphatic heterocycles. The highest BCUT2D eigenvalue weighted by Crippen LogP contribution is 2.53. The normalized spacial score (nSPS) is 12.9. The van der Waals surface area contributed by atoms with E-state index in [1.165, 1.54) is 92.2 Å². The zero-order chi connectivity index (χ0) is 65.8. The molecule has 0 aromatic heterocycles. The maximum atomic E-state index is 2.64. The number of hydrogen-bond donors (Lipinski definition) is 0. The van der Waals surface area contributed by atoms with E-state index in [2.05, 4.69) is 395 Å². The van der Waals surface area contributed by atoms with Crippen LogP contribution in [0, 0.1) is 0 Å². The molecule has 0 bridgehead atoms. The van der Waals surface area contributed by atoms with Crippen LogP contribution < -0.4 is 57.3 Å². The molecule has 0 amide bonds. The van der Waals surface area contributed by atoms with Crippen molar-refractivity contribution in [1.82, 2.24) is 0 Å². The van der Waals surface area contributed by atoms with Gasteiger partial charge in [-0.15, -0.1) is 0 Å². The second-order valence-electron chi connectivity index (χ2n) is 26.3. The number of anilines is 15. The van der Waals surface area contributed by atoms with Crippen LogP contribution in [0.4, 0.5) is 85.3 Å². The Hall–Kier alpha value is -12.5. The van der Waals surface area contributed by atoms with Gasteiger partial charge in [0.15, 0.2) is 0 Å². The minimum Gasteiger partial charge on any atom is -0.311 e. The molecular weight excluding hydrogens is 1230 g/mol. The van der Waals surface area contributed by atoms with Crippen molar-refractivity contribution in [3.05, 3.63) is 370 Å². The number of fused-ring (bicyclic) bond motifs is 10. The SMILES string of the molecule is c1ccc(-c2c3ccccc3c(-c3cccc(N4c5ccccc5B5c6cc7c(cc6Sc6cc(N(c8ccccc8)c8ccccc8)cc4c65)N(c4ccccc4)c4cc(N(c5ccccc5)c5ccccc5)cc5c4B7c4ccccc4N5c4ccccc4)c3)c3ccccc23)cc1. The van der Waals surface area contributed by atoms with Crippen molar-refractivity contribution >= 4 is 165 Å². The highest BCUT2D eigenvalue weighted by atomic mass is 32.2. The zero-order valence-corrected chi connectivity index (χ0v) is 55.3. The van der Waals surface area contributed by atoms with E-state index in [-0.39, 0.29) is 13.4 Å². The van der Waals surface area contributed by atoms with Crippen LogP contribution in [-0.2, 0) is 0 Å². The van der Waals surface area contributed by atoms with Crippen LogP contribution in [0.2, 0.25) is 0 Å². The van der Waals surface area contributed by atoms with E-state index in [9.17, 15) is 0 Å². The molecule has 0 spiro atoms. The third-order valence-electron chi connectivity index (χ3n) is 20.7. The Morgan fingerprint density at radius 2 is 0.580 bits per heavy atom. The Labute approximate surface area is 587 Å². The molecule has 8 heteroatoms. The number of rotatable bonds is 11. The van der Waals surface area contributed by atoms with E-state index in [4.69, 9.17) is 0 Å². The van der Waals surface area contributed by atoms with Gasteiger partial charge in [0.25, 0.3) is 6.71 Å². The second kappa shape index (κ2) is 23.7. The lowest BCUT2D eigenvalue weighted by Crippen LogP contribution is -2.64. The lowest BCUT2D eigenvalue weighted by molar-refractivity contribution is 1.22. The third-order valence-corrected chi connectivity index (χ3v) is 21.9. The van der Waals surface area contributed by atoms with E-state index in [0.717, 1.165) is 79.5 Å². The van der Waals surface area contributed by atoms with Crippen LogP contribution in [0.15, 0.2) is 380 Å². The van der Waals surface area contributed by atoms with Gasteiger partial charge in [-0.25, -0.2) is 0 Å². The predicted molar refractivity (Wildman–Crippen MR) is 426 cm³/mol. The molecule has 0 unspecified atom stereocenters. The Bertz CT molecular complexity index is 5730. The van der Waals surface area contributed by atoms with E-state index in [1.807, 2.05) is 11.8 Å². The quantitative estimate of drug-likeness (QED) is 0.0941. The minimum absolute atomic E-state index is 0.130. The summed E-state index contributed by atoms with van der Waals surface area (Å²) in [6, 6.07) is 137. The zero-order valence-electron chi connectivity index (χ0n) is 54.5. The van der Waals surface area contributed by atoms with Gasteiger partial charge < -0.3 is 24.5 Å². The molecular formula is C92H61B2N5S. The lowest BCUT2D eigenvalue weighted by atomic mass is 9.31. The molecule has 0 atom stereocenters. The van der Waals surface area contributed by atoms with Gasteiger partial charge >= 0.3 is 0 Å². The van der Waals surface area contributed by atoms with Crippen molar-refractivity contribution in [2.45, 2.75) is 9.79 Å². The summed E-state index contributed by atoms with van der Waals surface area (Å²) in [5, 5.41) is 4.92. The Morgan fingerprint density at radius 1 is 0.220 bits per heavy atom. The molecule has 0 N–H and O–H groups in total. The van der Waals surface area contributed by atoms with Gasteiger partial charge in [-0.2, -0.15) is 0 Å². The molecule has 4 aliphatic rings. The van der Waals surface area contributed by atoms with Crippen molar-refractivity contribution < 1.29 is 0 Å². The topological polar surface area (TPSA) is 16.2 Å². The van der Waals surface area contributed by atoms with Crippen LogP contribution >= 0.6 is 11.8 Å². The van der Waals surface area contributed by atoms with Crippen LogP contribution in [0.5, 0.6) is 0 Å². The predicted octanol–water partition coefficient (Wildman–Crippen LogP) is 21.1. The first-order valence-corrected chi connectivity index (χ1v) is 35.3. The van der Waals surface area contributed by atoms with Crippen LogP contribution in [0.3, 0.4) is 0 Å². The summed E-state index contributed by atoms with van der Waals surface area (Å²) in [5.74, 6) is 0. The summed E-state index contributed by atoms with van der Waals surface area (Å²) in [7, 11) is 0. The Kier molecular flexibility index (Phi) is 13.7. The lowest BCUT2D eigenvalue weighted by Gasteiger charge is -2.46. The fraction of sp³-hybridized carbons (Fsp3) is 0. The molecule has 0 saturated carbocycles. The summed E-state index contributed by atoms with van der Waals surface area (Å²) >= 11 is 1.91. The molecule has 0 fully saturated rings. The number of nitrogens with zero attached hydrogens (tertiary/aromatic N) is 5. The van der Waals surface area contributed by atoms with Crippen LogP contribution in [0.1, 0.15) is 0 Å². The Morgan fingerprint density at radius 3 is 1.07 bits per heavy atom. The van der Waals surface area contributed by atoms with E-state index in [0.29, 0.717) is 0 Å². The fourth-order valence-electron chi connectivity index (χ4n) is 16.7. The number of hydrogen-bond acceptors (Lipinski definition) is 6. The van der Waals surface area contributed by atoms with Crippen molar-refractivity contribution in [2.75, 3.05) is 24.5 Å². The summed E-state index contributed by atoms with van der Waals surface area (Å²) in [5.41, 5.74) is 29.3. The van der Waals surface area contributed by atoms with Gasteiger partial charge in [-0.1, -0.05) is 260 Å². The van der Waals surface area contributed by atoms with E-state index >= 15 is 0 Å². The molecule has 466 valence electrons. The second-order valence-corrected chi connectivity index (χ2v) is 27.3. The van der Waals surface area contributed by atoms with Gasteiger partial charge in [0.2, 0.25) is 6.71 Å². The first kappa shape index (κ1) is 57.7. The molecule has 0 aliphatic carbocycles. The number of benzene rings is 16. The summed E-state index contributed by atoms with van der Waals surface area (Å²) in [6.07, 6.45) is 0. The van der Waals surface area contributed by atoms with Gasteiger partial charge in [0.05, 0.1) is 5.69 Å². The molecule has 16 aromatic rings. The van der Waals surface area contributed by atoms with Gasteiger partial charge in [0.1, 0.15) is 0 Å². The standard InChI is InChI=1S/C92H61B2N5S/c1-8-31-62(32-9-1)89-73-47-22-24-49-75(73)90(76-50-25-23-48-74(76)89)63-33-30-46-70(55-63)99-82-54-29-27-52-78(82)94-80-60-79-83(61-87(80)100-88-59-72(58-86(99)92(88)94)96(66-38-14-4-15-39-66)67-40-16-5-17-41-67)98(69-44-20-7-21-45-69)85-57-71(95(64-34-10-2-11-35-64)65-36-12-3-13-37-65)56-84-91(85)93(79)77-51-26-28-53-81(77)97(84)68-42-18-6-19-43-68/h1-61H. The van der Waals surface area contributed by atoms with Crippen LogP contribution in [-0.4, -0.2) is 13.4 Å². The van der Waals surface area contributed by atoms with Gasteiger partial charge in [-0.3, -0.25) is 0 Å². The maximum absolute atomic E-state index is 2.64. The Balaban J connectivity index is 0.839. The van der Waals surface area contributed by atoms with Crippen molar-refractivity contribution in [3.8, 4) is 22.3 Å². The highest BCUT2D eigenvalue weighted by molar-refractivity contribution is 8.00. The molecule has 5 nitrogen and oxygen atoms in total. The molecule has 100 heavy (non-hydrogen) atoms. The molecule has 4 heterocycles. The van der Waals surface area contributed by atoms with Gasteiger partial charge in [0, 0.05) is 89.4 Å². The monoisotopic (exact) mass is 1290 g/mol. The first-order valence-electron chi connectivity index (χ1n) is 34.5. The first-order chi connectivity index (χ1) is 49.7. The largest absolute Gasteiger partial charge is 0.311 e. The number of para-hydroxylation sites is 8. The smallest absolute Gasteiger partial charge is 0.252 e. The van der Waals surface area contributed by atoms with Crippen molar-refractivity contribution in [3.63, 3.8) is 0 Å². The molecule has 0 saturated heterocycles. The molecule has 0 radical (unpaired) electrons. The molecule has 16 aromatic carbocycles. The van der Waals surface area contributed by atoms with Gasteiger partial charge in [-0.05, 0) is 199 Å².